The Kier molecular flexibility index (Phi) is 5.73. The van der Waals surface area contributed by atoms with E-state index < -0.39 is 23.5 Å². The molecule has 0 bridgehead atoms. The lowest BCUT2D eigenvalue weighted by molar-refractivity contribution is -0.135. The van der Waals surface area contributed by atoms with Crippen molar-refractivity contribution in [3.05, 3.63) is 66.0 Å². The minimum absolute atomic E-state index is 0.331. The molecule has 0 aliphatic carbocycles. The summed E-state index contributed by atoms with van der Waals surface area (Å²) < 4.78 is 0. The Morgan fingerprint density at radius 2 is 1.79 bits per heavy atom. The van der Waals surface area contributed by atoms with Crippen LogP contribution in [0.4, 0.5) is 4.79 Å². The van der Waals surface area contributed by atoms with E-state index in [-0.39, 0.29) is 12.5 Å². The van der Waals surface area contributed by atoms with E-state index in [9.17, 15) is 14.4 Å². The molecule has 1 aliphatic rings. The number of aromatic nitrogens is 1. The van der Waals surface area contributed by atoms with Gasteiger partial charge in [0.25, 0.3) is 5.91 Å². The molecule has 1 saturated heterocycles. The van der Waals surface area contributed by atoms with Gasteiger partial charge in [-0.1, -0.05) is 50.2 Å². The molecule has 1 aromatic heterocycles. The Bertz CT molecular complexity index is 811. The summed E-state index contributed by atoms with van der Waals surface area (Å²) in [5.74, 6) is -0.780. The van der Waals surface area contributed by atoms with Gasteiger partial charge in [-0.25, -0.2) is 4.79 Å². The normalized spacial score (nSPS) is 16.6. The van der Waals surface area contributed by atoms with Crippen LogP contribution >= 0.6 is 0 Å². The quantitative estimate of drug-likeness (QED) is 0.722. The predicted molar refractivity (Wildman–Crippen MR) is 104 cm³/mol. The average molecular weight is 380 g/mol. The van der Waals surface area contributed by atoms with Gasteiger partial charge in [-0.05, 0) is 30.5 Å². The molecule has 1 aliphatic heterocycles. The highest BCUT2D eigenvalue weighted by atomic mass is 16.2. The van der Waals surface area contributed by atoms with Gasteiger partial charge in [0, 0.05) is 6.20 Å². The first-order chi connectivity index (χ1) is 13.5. The van der Waals surface area contributed by atoms with E-state index in [1.807, 2.05) is 56.3 Å². The number of benzene rings is 1. The monoisotopic (exact) mass is 380 g/mol. The third-order valence-electron chi connectivity index (χ3n) is 5.18. The number of rotatable bonds is 7. The van der Waals surface area contributed by atoms with Gasteiger partial charge in [0.1, 0.15) is 12.1 Å². The molecule has 146 valence electrons. The molecule has 0 radical (unpaired) electrons. The Labute approximate surface area is 164 Å². The summed E-state index contributed by atoms with van der Waals surface area (Å²) in [7, 11) is 0. The molecule has 2 heterocycles. The highest BCUT2D eigenvalue weighted by Gasteiger charge is 2.49. The molecule has 28 heavy (non-hydrogen) atoms. The zero-order valence-electron chi connectivity index (χ0n) is 16.0. The number of carbonyl (C=O) groups is 3. The maximum absolute atomic E-state index is 12.7. The van der Waals surface area contributed by atoms with Crippen molar-refractivity contribution in [2.24, 2.45) is 0 Å². The second-order valence-corrected chi connectivity index (χ2v) is 6.78. The average Bonchev–Trinajstić information content (AvgIpc) is 2.98. The maximum atomic E-state index is 12.7. The van der Waals surface area contributed by atoms with Gasteiger partial charge in [-0.3, -0.25) is 19.5 Å². The number of amides is 4. The van der Waals surface area contributed by atoms with E-state index in [0.717, 1.165) is 10.5 Å². The SMILES string of the molecule is CCC1(CC)NC(=O)N(CC(=O)NC(c2ccccc2)c2ccccn2)C1=O. The van der Waals surface area contributed by atoms with Crippen LogP contribution in [0.1, 0.15) is 44.0 Å². The molecule has 0 saturated carbocycles. The third-order valence-corrected chi connectivity index (χ3v) is 5.18. The van der Waals surface area contributed by atoms with E-state index in [1.54, 1.807) is 12.3 Å². The van der Waals surface area contributed by atoms with E-state index in [4.69, 9.17) is 0 Å². The number of urea groups is 1. The van der Waals surface area contributed by atoms with Crippen molar-refractivity contribution >= 4 is 17.8 Å². The maximum Gasteiger partial charge on any atom is 0.325 e. The number of nitrogens with zero attached hydrogens (tertiary/aromatic N) is 2. The molecule has 1 fully saturated rings. The Balaban J connectivity index is 1.78. The highest BCUT2D eigenvalue weighted by Crippen LogP contribution is 2.25. The zero-order chi connectivity index (χ0) is 20.1. The first-order valence-electron chi connectivity index (χ1n) is 9.40. The van der Waals surface area contributed by atoms with Crippen LogP contribution in [0.5, 0.6) is 0 Å². The van der Waals surface area contributed by atoms with E-state index in [2.05, 4.69) is 15.6 Å². The largest absolute Gasteiger partial charge is 0.342 e. The van der Waals surface area contributed by atoms with Crippen LogP contribution in [-0.4, -0.2) is 39.8 Å². The second-order valence-electron chi connectivity index (χ2n) is 6.78. The van der Waals surface area contributed by atoms with E-state index in [1.165, 1.54) is 0 Å². The number of imide groups is 1. The van der Waals surface area contributed by atoms with Crippen LogP contribution in [0.2, 0.25) is 0 Å². The van der Waals surface area contributed by atoms with Crippen LogP contribution in [0.3, 0.4) is 0 Å². The molecule has 2 N–H and O–H groups in total. The fourth-order valence-corrected chi connectivity index (χ4v) is 3.42. The summed E-state index contributed by atoms with van der Waals surface area (Å²) in [5, 5.41) is 5.64. The summed E-state index contributed by atoms with van der Waals surface area (Å²) >= 11 is 0. The molecule has 0 spiro atoms. The Morgan fingerprint density at radius 3 is 2.36 bits per heavy atom. The van der Waals surface area contributed by atoms with Crippen molar-refractivity contribution in [3.63, 3.8) is 0 Å². The second kappa shape index (κ2) is 8.21. The lowest BCUT2D eigenvalue weighted by Gasteiger charge is -2.23. The standard InChI is InChI=1S/C21H24N4O3/c1-3-21(4-2)19(27)25(20(28)24-21)14-17(26)23-18(15-10-6-5-7-11-15)16-12-8-9-13-22-16/h5-13,18H,3-4,14H2,1-2H3,(H,23,26)(H,24,28). The molecular formula is C21H24N4O3. The lowest BCUT2D eigenvalue weighted by Crippen LogP contribution is -2.47. The molecule has 1 atom stereocenters. The summed E-state index contributed by atoms with van der Waals surface area (Å²) in [6.07, 6.45) is 2.62. The zero-order valence-corrected chi connectivity index (χ0v) is 16.0. The fraction of sp³-hybridized carbons (Fsp3) is 0.333. The molecule has 1 aromatic carbocycles. The summed E-state index contributed by atoms with van der Waals surface area (Å²) in [6.45, 7) is 3.36. The van der Waals surface area contributed by atoms with Crippen molar-refractivity contribution in [2.45, 2.75) is 38.3 Å². The molecular weight excluding hydrogens is 356 g/mol. The van der Waals surface area contributed by atoms with Crippen molar-refractivity contribution in [3.8, 4) is 0 Å². The van der Waals surface area contributed by atoms with Gasteiger partial charge < -0.3 is 10.6 Å². The Morgan fingerprint density at radius 1 is 1.11 bits per heavy atom. The molecule has 1 unspecified atom stereocenters. The minimum atomic E-state index is -0.919. The van der Waals surface area contributed by atoms with Crippen LogP contribution in [0.25, 0.3) is 0 Å². The summed E-state index contributed by atoms with van der Waals surface area (Å²) in [6, 6.07) is 13.9. The number of hydrogen-bond acceptors (Lipinski definition) is 4. The van der Waals surface area contributed by atoms with Crippen molar-refractivity contribution in [1.82, 2.24) is 20.5 Å². The van der Waals surface area contributed by atoms with Gasteiger partial charge in [0.15, 0.2) is 0 Å². The first-order valence-corrected chi connectivity index (χ1v) is 9.40. The topological polar surface area (TPSA) is 91.4 Å². The molecule has 7 heteroatoms. The van der Waals surface area contributed by atoms with Crippen LogP contribution in [0, 0.1) is 0 Å². The van der Waals surface area contributed by atoms with E-state index >= 15 is 0 Å². The van der Waals surface area contributed by atoms with Gasteiger partial charge in [0.2, 0.25) is 5.91 Å². The van der Waals surface area contributed by atoms with Gasteiger partial charge in [0.05, 0.1) is 11.7 Å². The van der Waals surface area contributed by atoms with Crippen LogP contribution in [0.15, 0.2) is 54.7 Å². The summed E-state index contributed by atoms with van der Waals surface area (Å²) in [4.78, 5) is 43.0. The summed E-state index contributed by atoms with van der Waals surface area (Å²) in [5.41, 5.74) is 0.621. The van der Waals surface area contributed by atoms with Crippen molar-refractivity contribution in [2.75, 3.05) is 6.54 Å². The number of carbonyl (C=O) groups excluding carboxylic acids is 3. The molecule has 4 amide bonds. The number of nitrogens with one attached hydrogen (secondary N) is 2. The first kappa shape index (κ1) is 19.5. The van der Waals surface area contributed by atoms with Crippen molar-refractivity contribution in [1.29, 1.82) is 0 Å². The van der Waals surface area contributed by atoms with Gasteiger partial charge in [-0.15, -0.1) is 0 Å². The molecule has 2 aromatic rings. The number of hydrogen-bond donors (Lipinski definition) is 2. The van der Waals surface area contributed by atoms with Crippen molar-refractivity contribution < 1.29 is 14.4 Å². The van der Waals surface area contributed by atoms with Gasteiger partial charge in [-0.2, -0.15) is 0 Å². The van der Waals surface area contributed by atoms with E-state index in [0.29, 0.717) is 18.5 Å². The third kappa shape index (κ3) is 3.74. The van der Waals surface area contributed by atoms with Crippen LogP contribution in [-0.2, 0) is 9.59 Å². The minimum Gasteiger partial charge on any atom is -0.342 e. The smallest absolute Gasteiger partial charge is 0.325 e. The highest BCUT2D eigenvalue weighted by molar-refractivity contribution is 6.09. The van der Waals surface area contributed by atoms with Gasteiger partial charge >= 0.3 is 6.03 Å². The molecule has 3 rings (SSSR count). The number of pyridine rings is 1. The Hall–Kier alpha value is -3.22. The van der Waals surface area contributed by atoms with Crippen LogP contribution < -0.4 is 10.6 Å². The molecule has 7 nitrogen and oxygen atoms in total. The lowest BCUT2D eigenvalue weighted by atomic mass is 9.93. The fourth-order valence-electron chi connectivity index (χ4n) is 3.42. The predicted octanol–water partition coefficient (Wildman–Crippen LogP) is 2.40.